The molecule has 0 saturated carbocycles. The van der Waals surface area contributed by atoms with E-state index in [9.17, 15) is 10.2 Å². The molecule has 0 saturated heterocycles. The summed E-state index contributed by atoms with van der Waals surface area (Å²) >= 11 is 0. The van der Waals surface area contributed by atoms with Gasteiger partial charge in [0.2, 0.25) is 0 Å². The third-order valence-electron chi connectivity index (χ3n) is 4.90. The number of hydrogen-bond donors (Lipinski definition) is 1. The average molecular weight is 528 g/mol. The first kappa shape index (κ1) is 34.8. The second-order valence-corrected chi connectivity index (χ2v) is 7.08. The van der Waals surface area contributed by atoms with Crippen molar-refractivity contribution < 1.29 is 44.6 Å². The molecule has 0 spiro atoms. The van der Waals surface area contributed by atoms with Crippen molar-refractivity contribution >= 4 is 23.5 Å². The van der Waals surface area contributed by atoms with Crippen molar-refractivity contribution in [1.82, 2.24) is 0 Å². The molecule has 0 fully saturated rings. The summed E-state index contributed by atoms with van der Waals surface area (Å²) in [6.45, 7) is 10.5. The molecule has 0 bridgehead atoms. The SMILES string of the molecule is CC[NH+](CC)CC.[O-2].[O-2].[O-]/C(=N\N=C\c1cc(N=Nc2ccccc2)ccc1[O-])c1ccccc1.[V]. The second kappa shape index (κ2) is 19.9. The Morgan fingerprint density at radius 2 is 1.31 bits per heavy atom. The zero-order valence-electron chi connectivity index (χ0n) is 20.6. The predicted octanol–water partition coefficient (Wildman–Crippen LogP) is 3.01. The second-order valence-electron chi connectivity index (χ2n) is 7.08. The number of azo groups is 1. The van der Waals surface area contributed by atoms with Crippen LogP contribution in [-0.4, -0.2) is 31.7 Å². The van der Waals surface area contributed by atoms with Gasteiger partial charge in [-0.25, -0.2) is 0 Å². The zero-order chi connectivity index (χ0) is 23.9. The van der Waals surface area contributed by atoms with E-state index >= 15 is 0 Å². The van der Waals surface area contributed by atoms with Crippen LogP contribution in [0.4, 0.5) is 11.4 Å². The molecule has 3 aromatic carbocycles. The van der Waals surface area contributed by atoms with Gasteiger partial charge in [-0.2, -0.15) is 20.4 Å². The third-order valence-corrected chi connectivity index (χ3v) is 4.90. The van der Waals surface area contributed by atoms with Crippen LogP contribution < -0.4 is 15.1 Å². The van der Waals surface area contributed by atoms with Crippen LogP contribution in [0.3, 0.4) is 0 Å². The first-order valence-corrected chi connectivity index (χ1v) is 11.0. The third kappa shape index (κ3) is 12.4. The van der Waals surface area contributed by atoms with E-state index < -0.39 is 5.90 Å². The molecule has 0 heterocycles. The molecule has 0 aliphatic heterocycles. The molecule has 10 heteroatoms. The summed E-state index contributed by atoms with van der Waals surface area (Å²) < 4.78 is 0. The van der Waals surface area contributed by atoms with Crippen molar-refractivity contribution in [2.45, 2.75) is 20.8 Å². The molecule has 0 atom stereocenters. The van der Waals surface area contributed by atoms with Gasteiger partial charge in [0, 0.05) is 24.5 Å². The largest absolute Gasteiger partial charge is 2.00 e. The van der Waals surface area contributed by atoms with Crippen LogP contribution in [0.5, 0.6) is 5.75 Å². The molecule has 9 nitrogen and oxygen atoms in total. The maximum absolute atomic E-state index is 11.9. The van der Waals surface area contributed by atoms with Gasteiger partial charge in [0.1, 0.15) is 0 Å². The van der Waals surface area contributed by atoms with Gasteiger partial charge in [-0.05, 0) is 56.2 Å². The molecule has 0 amide bonds. The smallest absolute Gasteiger partial charge is 0.0863 e. The van der Waals surface area contributed by atoms with Crippen LogP contribution in [0.15, 0.2) is 99.3 Å². The molecule has 0 aliphatic carbocycles. The Labute approximate surface area is 224 Å². The summed E-state index contributed by atoms with van der Waals surface area (Å²) in [4.78, 5) is 1.68. The van der Waals surface area contributed by atoms with E-state index in [2.05, 4.69) is 41.2 Å². The normalized spacial score (nSPS) is 10.7. The van der Waals surface area contributed by atoms with E-state index in [1.807, 2.05) is 30.3 Å². The fraction of sp³-hybridized carbons (Fsp3) is 0.231. The maximum atomic E-state index is 11.9. The Kier molecular flexibility index (Phi) is 19.3. The van der Waals surface area contributed by atoms with E-state index in [0.717, 1.165) is 0 Å². The first-order chi connectivity index (χ1) is 16.1. The van der Waals surface area contributed by atoms with Crippen LogP contribution >= 0.6 is 0 Å². The van der Waals surface area contributed by atoms with E-state index in [1.165, 1.54) is 31.9 Å². The molecule has 193 valence electrons. The Hall–Kier alpha value is -3.34. The summed E-state index contributed by atoms with van der Waals surface area (Å²) in [5.74, 6) is -0.719. The van der Waals surface area contributed by atoms with Gasteiger partial charge in [-0.15, -0.1) is 0 Å². The Morgan fingerprint density at radius 3 is 1.83 bits per heavy atom. The Morgan fingerprint density at radius 1 is 0.778 bits per heavy atom. The molecule has 0 aromatic heterocycles. The van der Waals surface area contributed by atoms with Crippen LogP contribution in [0.25, 0.3) is 0 Å². The van der Waals surface area contributed by atoms with E-state index in [1.54, 1.807) is 47.4 Å². The summed E-state index contributed by atoms with van der Waals surface area (Å²) in [7, 11) is 0. The van der Waals surface area contributed by atoms with Gasteiger partial charge < -0.3 is 26.1 Å². The van der Waals surface area contributed by atoms with Gasteiger partial charge in [-0.1, -0.05) is 60.3 Å². The summed E-state index contributed by atoms with van der Waals surface area (Å²) in [5, 5.41) is 39.3. The predicted molar refractivity (Wildman–Crippen MR) is 131 cm³/mol. The molecular formula is C26H30N5O4V-5. The Balaban J connectivity index is 0. The molecule has 3 rings (SSSR count). The standard InChI is InChI=1S/C20H16N4O2.C6H15N.2O.V/c25-19-12-11-18(23-22-17-9-5-2-6-10-17)13-16(19)14-21-24-20(26)15-7-3-1-4-8-15;1-4-7(5-2)6-3;;;/h1-14,25H,(H,24,26);4-6H2,1-3H3;;;/q;;2*-2;/p-1/b21-14+,23-22?;;;;. The van der Waals surface area contributed by atoms with E-state index in [0.29, 0.717) is 16.9 Å². The van der Waals surface area contributed by atoms with Crippen molar-refractivity contribution in [3.8, 4) is 5.75 Å². The summed E-state index contributed by atoms with van der Waals surface area (Å²) in [5.41, 5.74) is 1.91. The van der Waals surface area contributed by atoms with Crippen molar-refractivity contribution in [2.75, 3.05) is 19.6 Å². The summed E-state index contributed by atoms with van der Waals surface area (Å²) in [6, 6.07) is 22.3. The van der Waals surface area contributed by atoms with Crippen molar-refractivity contribution in [3.05, 3.63) is 90.0 Å². The maximum Gasteiger partial charge on any atom is 0.0863 e. The number of quaternary nitrogens is 1. The quantitative estimate of drug-likeness (QED) is 0.207. The van der Waals surface area contributed by atoms with Crippen LogP contribution in [-0.2, 0) is 29.5 Å². The van der Waals surface area contributed by atoms with E-state index in [-0.39, 0.29) is 40.8 Å². The summed E-state index contributed by atoms with van der Waals surface area (Å²) in [6.07, 6.45) is 1.24. The molecular weight excluding hydrogens is 497 g/mol. The molecule has 0 unspecified atom stereocenters. The minimum atomic E-state index is -0.478. The molecule has 1 radical (unpaired) electrons. The van der Waals surface area contributed by atoms with Gasteiger partial charge in [0.25, 0.3) is 0 Å². The van der Waals surface area contributed by atoms with Crippen LogP contribution in [0, 0.1) is 0 Å². The van der Waals surface area contributed by atoms with Crippen LogP contribution in [0.2, 0.25) is 0 Å². The fourth-order valence-corrected chi connectivity index (χ4v) is 2.84. The Bertz CT molecular complexity index is 1050. The van der Waals surface area contributed by atoms with Crippen molar-refractivity contribution in [1.29, 1.82) is 0 Å². The number of hydrogen-bond acceptors (Lipinski definition) is 6. The van der Waals surface area contributed by atoms with Crippen molar-refractivity contribution in [2.24, 2.45) is 20.4 Å². The zero-order valence-corrected chi connectivity index (χ0v) is 22.0. The minimum absolute atomic E-state index is 0. The van der Waals surface area contributed by atoms with Crippen molar-refractivity contribution in [3.63, 3.8) is 0 Å². The topological polar surface area (TPSA) is 157 Å². The fourth-order valence-electron chi connectivity index (χ4n) is 2.84. The minimum Gasteiger partial charge on any atom is -2.00 e. The van der Waals surface area contributed by atoms with Crippen LogP contribution in [0.1, 0.15) is 31.9 Å². The number of rotatable bonds is 8. The van der Waals surface area contributed by atoms with Gasteiger partial charge in [-0.3, -0.25) is 0 Å². The number of nitrogens with one attached hydrogen (secondary N) is 1. The van der Waals surface area contributed by atoms with Gasteiger partial charge >= 0.3 is 0 Å². The van der Waals surface area contributed by atoms with Gasteiger partial charge in [0.15, 0.2) is 0 Å². The number of benzene rings is 3. The first-order valence-electron chi connectivity index (χ1n) is 11.0. The molecule has 0 aliphatic rings. The van der Waals surface area contributed by atoms with E-state index in [4.69, 9.17) is 0 Å². The molecule has 1 N–H and O–H groups in total. The molecule has 3 aromatic rings. The molecule has 36 heavy (non-hydrogen) atoms. The number of nitrogens with zero attached hydrogens (tertiary/aromatic N) is 4. The van der Waals surface area contributed by atoms with Gasteiger partial charge in [0.05, 0.1) is 37.2 Å². The average Bonchev–Trinajstić information content (AvgIpc) is 2.87. The monoisotopic (exact) mass is 527 g/mol.